The monoisotopic (exact) mass is 343 g/mol. The summed E-state index contributed by atoms with van der Waals surface area (Å²) >= 11 is 4.58. The summed E-state index contributed by atoms with van der Waals surface area (Å²) in [6.45, 7) is 6.13. The van der Waals surface area contributed by atoms with Crippen LogP contribution in [-0.2, 0) is 10.3 Å². The van der Waals surface area contributed by atoms with Crippen LogP contribution in [0.1, 0.15) is 20.8 Å². The van der Waals surface area contributed by atoms with Crippen LogP contribution in [0, 0.1) is 0 Å². The SMILES string of the molecule is CC(C)(C)n1c(SCC(=O)O)nc2cc(Br)cnc21. The molecule has 5 nitrogen and oxygen atoms in total. The van der Waals surface area contributed by atoms with Crippen molar-refractivity contribution in [2.75, 3.05) is 5.75 Å². The quantitative estimate of drug-likeness (QED) is 0.867. The van der Waals surface area contributed by atoms with E-state index in [-0.39, 0.29) is 11.3 Å². The van der Waals surface area contributed by atoms with Gasteiger partial charge in [-0.3, -0.25) is 9.36 Å². The van der Waals surface area contributed by atoms with Gasteiger partial charge in [-0.05, 0) is 42.8 Å². The minimum absolute atomic E-state index is 0.0133. The van der Waals surface area contributed by atoms with Crippen LogP contribution in [0.5, 0.6) is 0 Å². The lowest BCUT2D eigenvalue weighted by Crippen LogP contribution is -2.23. The van der Waals surface area contributed by atoms with Gasteiger partial charge in [-0.1, -0.05) is 11.8 Å². The number of imidazole rings is 1. The minimum atomic E-state index is -0.855. The van der Waals surface area contributed by atoms with Gasteiger partial charge in [-0.25, -0.2) is 9.97 Å². The van der Waals surface area contributed by atoms with E-state index in [9.17, 15) is 4.79 Å². The molecular formula is C12H14BrN3O2S. The maximum Gasteiger partial charge on any atom is 0.313 e. The Morgan fingerprint density at radius 1 is 1.53 bits per heavy atom. The van der Waals surface area contributed by atoms with E-state index in [2.05, 4.69) is 25.9 Å². The van der Waals surface area contributed by atoms with Crippen molar-refractivity contribution in [1.82, 2.24) is 14.5 Å². The zero-order chi connectivity index (χ0) is 14.2. The summed E-state index contributed by atoms with van der Waals surface area (Å²) in [5, 5.41) is 9.48. The lowest BCUT2D eigenvalue weighted by Gasteiger charge is -2.23. The highest BCUT2D eigenvalue weighted by molar-refractivity contribution is 9.10. The number of hydrogen-bond donors (Lipinski definition) is 1. The predicted octanol–water partition coefficient (Wildman–Crippen LogP) is 3.13. The molecule has 2 rings (SSSR count). The van der Waals surface area contributed by atoms with Crippen molar-refractivity contribution in [3.8, 4) is 0 Å². The van der Waals surface area contributed by atoms with E-state index in [0.29, 0.717) is 5.16 Å². The molecule has 0 unspecified atom stereocenters. The molecule has 19 heavy (non-hydrogen) atoms. The Labute approximate surface area is 123 Å². The highest BCUT2D eigenvalue weighted by Crippen LogP contribution is 2.30. The number of nitrogens with zero attached hydrogens (tertiary/aromatic N) is 3. The Morgan fingerprint density at radius 2 is 2.21 bits per heavy atom. The van der Waals surface area contributed by atoms with E-state index in [1.165, 1.54) is 11.8 Å². The lowest BCUT2D eigenvalue weighted by atomic mass is 10.1. The van der Waals surface area contributed by atoms with Crippen LogP contribution in [0.3, 0.4) is 0 Å². The van der Waals surface area contributed by atoms with Gasteiger partial charge in [0.1, 0.15) is 5.52 Å². The Bertz CT molecular complexity index is 634. The van der Waals surface area contributed by atoms with Crippen LogP contribution in [0.4, 0.5) is 0 Å². The zero-order valence-corrected chi connectivity index (χ0v) is 13.2. The molecule has 0 aliphatic heterocycles. The van der Waals surface area contributed by atoms with Crippen molar-refractivity contribution < 1.29 is 9.90 Å². The molecule has 1 N–H and O–H groups in total. The average Bonchev–Trinajstić information content (AvgIpc) is 2.63. The summed E-state index contributed by atoms with van der Waals surface area (Å²) in [4.78, 5) is 19.6. The second-order valence-electron chi connectivity index (χ2n) is 5.08. The van der Waals surface area contributed by atoms with Crippen molar-refractivity contribution in [3.05, 3.63) is 16.7 Å². The molecule has 0 spiro atoms. The number of pyridine rings is 1. The highest BCUT2D eigenvalue weighted by Gasteiger charge is 2.23. The van der Waals surface area contributed by atoms with Crippen LogP contribution in [0.15, 0.2) is 21.9 Å². The summed E-state index contributed by atoms with van der Waals surface area (Å²) in [6.07, 6.45) is 1.72. The molecule has 7 heteroatoms. The average molecular weight is 344 g/mol. The molecule has 0 bridgehead atoms. The second kappa shape index (κ2) is 5.13. The fourth-order valence-corrected chi connectivity index (χ4v) is 2.97. The first-order valence-electron chi connectivity index (χ1n) is 5.68. The maximum atomic E-state index is 10.7. The molecule has 0 fully saturated rings. The van der Waals surface area contributed by atoms with Gasteiger partial charge in [0, 0.05) is 16.2 Å². The van der Waals surface area contributed by atoms with E-state index >= 15 is 0 Å². The molecule has 0 atom stereocenters. The third kappa shape index (κ3) is 3.09. The van der Waals surface area contributed by atoms with Gasteiger partial charge in [0.25, 0.3) is 0 Å². The molecule has 0 aromatic carbocycles. The van der Waals surface area contributed by atoms with Crippen LogP contribution in [0.25, 0.3) is 11.2 Å². The Balaban J connectivity index is 2.58. The van der Waals surface area contributed by atoms with Crippen molar-refractivity contribution in [2.45, 2.75) is 31.5 Å². The number of carboxylic acids is 1. The summed E-state index contributed by atoms with van der Waals surface area (Å²) in [5.41, 5.74) is 1.32. The normalized spacial score (nSPS) is 12.0. The fourth-order valence-electron chi connectivity index (χ4n) is 1.75. The van der Waals surface area contributed by atoms with Crippen LogP contribution in [-0.4, -0.2) is 31.4 Å². The third-order valence-electron chi connectivity index (χ3n) is 2.43. The zero-order valence-electron chi connectivity index (χ0n) is 10.8. The fraction of sp³-hybridized carbons (Fsp3) is 0.417. The molecule has 2 aromatic rings. The number of rotatable bonds is 3. The van der Waals surface area contributed by atoms with Crippen LogP contribution >= 0.6 is 27.7 Å². The van der Waals surface area contributed by atoms with E-state index < -0.39 is 5.97 Å². The Kier molecular flexibility index (Phi) is 3.87. The number of hydrogen-bond acceptors (Lipinski definition) is 4. The first kappa shape index (κ1) is 14.3. The number of aliphatic carboxylic acids is 1. The number of halogens is 1. The first-order valence-corrected chi connectivity index (χ1v) is 7.46. The summed E-state index contributed by atoms with van der Waals surface area (Å²) in [6, 6.07) is 1.88. The van der Waals surface area contributed by atoms with E-state index in [1.54, 1.807) is 6.20 Å². The van der Waals surface area contributed by atoms with Crippen molar-refractivity contribution >= 4 is 44.8 Å². The molecule has 2 heterocycles. The summed E-state index contributed by atoms with van der Waals surface area (Å²) < 4.78 is 2.83. The Hall–Kier alpha value is -1.08. The molecule has 0 saturated heterocycles. The lowest BCUT2D eigenvalue weighted by molar-refractivity contribution is -0.133. The van der Waals surface area contributed by atoms with E-state index in [0.717, 1.165) is 15.6 Å². The molecule has 102 valence electrons. The number of fused-ring (bicyclic) bond motifs is 1. The number of thioether (sulfide) groups is 1. The topological polar surface area (TPSA) is 68.0 Å². The smallest absolute Gasteiger partial charge is 0.313 e. The van der Waals surface area contributed by atoms with Gasteiger partial charge in [0.15, 0.2) is 10.8 Å². The van der Waals surface area contributed by atoms with Gasteiger partial charge in [0.05, 0.1) is 5.75 Å². The molecular weight excluding hydrogens is 330 g/mol. The minimum Gasteiger partial charge on any atom is -0.481 e. The first-order chi connectivity index (χ1) is 8.79. The van der Waals surface area contributed by atoms with E-state index in [1.807, 2.05) is 31.4 Å². The highest BCUT2D eigenvalue weighted by atomic mass is 79.9. The molecule has 0 saturated carbocycles. The molecule has 0 aliphatic rings. The van der Waals surface area contributed by atoms with Crippen molar-refractivity contribution in [1.29, 1.82) is 0 Å². The standard InChI is InChI=1S/C12H14BrN3O2S/c1-12(2,3)16-10-8(4-7(13)5-14-10)15-11(16)19-6-9(17)18/h4-5H,6H2,1-3H3,(H,17,18). The number of carbonyl (C=O) groups is 1. The van der Waals surface area contributed by atoms with Crippen molar-refractivity contribution in [3.63, 3.8) is 0 Å². The summed E-state index contributed by atoms with van der Waals surface area (Å²) in [5.74, 6) is -0.868. The molecule has 2 aromatic heterocycles. The van der Waals surface area contributed by atoms with Gasteiger partial charge in [0.2, 0.25) is 0 Å². The number of aromatic nitrogens is 3. The van der Waals surface area contributed by atoms with Gasteiger partial charge >= 0.3 is 5.97 Å². The number of carboxylic acid groups (broad SMARTS) is 1. The molecule has 0 radical (unpaired) electrons. The molecule has 0 amide bonds. The molecule has 0 aliphatic carbocycles. The van der Waals surface area contributed by atoms with Gasteiger partial charge < -0.3 is 5.11 Å². The van der Waals surface area contributed by atoms with Crippen LogP contribution < -0.4 is 0 Å². The summed E-state index contributed by atoms with van der Waals surface area (Å²) in [7, 11) is 0. The maximum absolute atomic E-state index is 10.7. The second-order valence-corrected chi connectivity index (χ2v) is 6.94. The third-order valence-corrected chi connectivity index (χ3v) is 3.79. The largest absolute Gasteiger partial charge is 0.481 e. The van der Waals surface area contributed by atoms with Gasteiger partial charge in [-0.2, -0.15) is 0 Å². The van der Waals surface area contributed by atoms with E-state index in [4.69, 9.17) is 5.11 Å². The van der Waals surface area contributed by atoms with Crippen molar-refractivity contribution in [2.24, 2.45) is 0 Å². The predicted molar refractivity (Wildman–Crippen MR) is 78.6 cm³/mol. The van der Waals surface area contributed by atoms with Gasteiger partial charge in [-0.15, -0.1) is 0 Å². The van der Waals surface area contributed by atoms with Crippen LogP contribution in [0.2, 0.25) is 0 Å². The Morgan fingerprint density at radius 3 is 2.79 bits per heavy atom.